The first-order valence-electron chi connectivity index (χ1n) is 13.1. The summed E-state index contributed by atoms with van der Waals surface area (Å²) >= 11 is 1.42. The van der Waals surface area contributed by atoms with Crippen molar-refractivity contribution < 1.29 is 14.3 Å². The highest BCUT2D eigenvalue weighted by Gasteiger charge is 2.32. The summed E-state index contributed by atoms with van der Waals surface area (Å²) in [6.07, 6.45) is 1.36. The lowest BCUT2D eigenvalue weighted by atomic mass is 9.87. The molecule has 1 aromatic heterocycles. The molecule has 1 aliphatic heterocycles. The molecule has 0 aliphatic carbocycles. The van der Waals surface area contributed by atoms with E-state index in [9.17, 15) is 9.59 Å². The van der Waals surface area contributed by atoms with Gasteiger partial charge < -0.3 is 15.0 Å². The number of aromatic nitrogens is 1. The van der Waals surface area contributed by atoms with Crippen LogP contribution in [0.1, 0.15) is 77.9 Å². The van der Waals surface area contributed by atoms with Crippen LogP contribution in [-0.2, 0) is 17.8 Å². The number of benzene rings is 2. The molecule has 2 aromatic carbocycles. The van der Waals surface area contributed by atoms with E-state index in [-0.39, 0.29) is 24.5 Å². The third-order valence-corrected chi connectivity index (χ3v) is 7.28. The molecule has 6 nitrogen and oxygen atoms in total. The third kappa shape index (κ3) is 6.77. The summed E-state index contributed by atoms with van der Waals surface area (Å²) in [5.41, 5.74) is 5.08. The maximum atomic E-state index is 13.3. The number of ether oxygens (including phenoxy) is 1. The minimum atomic E-state index is -0.155. The summed E-state index contributed by atoms with van der Waals surface area (Å²) in [6, 6.07) is 14.5. The SMILES string of the molecule is Cc1ccc([C@H]2c3cc(OCc4nc(C(=O)NCC(C)C)cs4)ccc3CCN2C(=O)CC(C)C)cc1. The molecule has 1 atom stereocenters. The van der Waals surface area contributed by atoms with Gasteiger partial charge in [0.2, 0.25) is 5.91 Å². The summed E-state index contributed by atoms with van der Waals surface area (Å²) in [5.74, 6) is 1.45. The van der Waals surface area contributed by atoms with Gasteiger partial charge in [0.1, 0.15) is 23.1 Å². The number of carbonyl (C=O) groups excluding carboxylic acids is 2. The molecule has 0 bridgehead atoms. The van der Waals surface area contributed by atoms with Crippen LogP contribution in [0.2, 0.25) is 0 Å². The molecule has 0 saturated heterocycles. The predicted octanol–water partition coefficient (Wildman–Crippen LogP) is 5.94. The predicted molar refractivity (Wildman–Crippen MR) is 148 cm³/mol. The van der Waals surface area contributed by atoms with Gasteiger partial charge in [-0.15, -0.1) is 11.3 Å². The van der Waals surface area contributed by atoms with Crippen molar-refractivity contribution in [3.05, 3.63) is 80.8 Å². The number of rotatable bonds is 9. The second-order valence-corrected chi connectivity index (χ2v) is 11.6. The minimum absolute atomic E-state index is 0.143. The van der Waals surface area contributed by atoms with E-state index in [0.29, 0.717) is 37.0 Å². The Balaban J connectivity index is 1.54. The quantitative estimate of drug-likeness (QED) is 0.380. The van der Waals surface area contributed by atoms with E-state index in [1.807, 2.05) is 11.0 Å². The zero-order valence-electron chi connectivity index (χ0n) is 22.4. The standard InChI is InChI=1S/C30H37N3O3S/c1-19(2)14-28(34)33-13-12-22-10-11-24(15-25(22)29(33)23-8-6-21(5)7-9-23)36-17-27-32-26(18-37-27)30(35)31-16-20(3)4/h6-11,15,18-20,29H,12-14,16-17H2,1-5H3,(H,31,35)/t29-/m0/s1. The van der Waals surface area contributed by atoms with Gasteiger partial charge in [-0.2, -0.15) is 0 Å². The van der Waals surface area contributed by atoms with Gasteiger partial charge in [0.05, 0.1) is 6.04 Å². The van der Waals surface area contributed by atoms with Crippen molar-refractivity contribution >= 4 is 23.2 Å². The molecule has 1 N–H and O–H groups in total. The topological polar surface area (TPSA) is 71.5 Å². The molecule has 0 radical (unpaired) electrons. The van der Waals surface area contributed by atoms with Crippen LogP contribution in [-0.4, -0.2) is 34.8 Å². The second kappa shape index (κ2) is 11.9. The number of fused-ring (bicyclic) bond motifs is 1. The molecule has 0 unspecified atom stereocenters. The number of aryl methyl sites for hydroxylation is 1. The van der Waals surface area contributed by atoms with Crippen molar-refractivity contribution in [2.45, 2.75) is 60.1 Å². The highest BCUT2D eigenvalue weighted by atomic mass is 32.1. The molecule has 0 fully saturated rings. The smallest absolute Gasteiger partial charge is 0.270 e. The number of nitrogens with zero attached hydrogens (tertiary/aromatic N) is 2. The van der Waals surface area contributed by atoms with Crippen molar-refractivity contribution in [1.82, 2.24) is 15.2 Å². The van der Waals surface area contributed by atoms with Crippen LogP contribution >= 0.6 is 11.3 Å². The molecule has 196 valence electrons. The number of hydrogen-bond donors (Lipinski definition) is 1. The lowest BCUT2D eigenvalue weighted by molar-refractivity contribution is -0.134. The average molecular weight is 520 g/mol. The first kappa shape index (κ1) is 26.9. The Bertz CT molecular complexity index is 1230. The number of hydrogen-bond acceptors (Lipinski definition) is 5. The van der Waals surface area contributed by atoms with Crippen LogP contribution in [0.25, 0.3) is 0 Å². The van der Waals surface area contributed by atoms with Crippen LogP contribution in [0.5, 0.6) is 5.75 Å². The minimum Gasteiger partial charge on any atom is -0.486 e. The highest BCUT2D eigenvalue weighted by molar-refractivity contribution is 7.09. The fraction of sp³-hybridized carbons (Fsp3) is 0.433. The lowest BCUT2D eigenvalue weighted by Gasteiger charge is -2.38. The van der Waals surface area contributed by atoms with E-state index in [2.05, 4.69) is 81.3 Å². The molecule has 0 saturated carbocycles. The average Bonchev–Trinajstić information content (AvgIpc) is 3.34. The summed E-state index contributed by atoms with van der Waals surface area (Å²) in [5, 5.41) is 5.42. The maximum absolute atomic E-state index is 13.3. The van der Waals surface area contributed by atoms with Crippen molar-refractivity contribution in [3.63, 3.8) is 0 Å². The van der Waals surface area contributed by atoms with E-state index >= 15 is 0 Å². The summed E-state index contributed by atoms with van der Waals surface area (Å²) < 4.78 is 6.13. The number of carbonyl (C=O) groups is 2. The van der Waals surface area contributed by atoms with Gasteiger partial charge in [-0.1, -0.05) is 63.6 Å². The molecular weight excluding hydrogens is 482 g/mol. The van der Waals surface area contributed by atoms with Gasteiger partial charge >= 0.3 is 0 Å². The first-order valence-corrected chi connectivity index (χ1v) is 13.9. The molecular formula is C30H37N3O3S. The van der Waals surface area contributed by atoms with E-state index in [1.165, 1.54) is 22.5 Å². The number of amides is 2. The van der Waals surface area contributed by atoms with Crippen molar-refractivity contribution in [3.8, 4) is 5.75 Å². The Morgan fingerprint density at radius 3 is 2.57 bits per heavy atom. The van der Waals surface area contributed by atoms with Gasteiger partial charge in [-0.3, -0.25) is 9.59 Å². The van der Waals surface area contributed by atoms with E-state index in [1.54, 1.807) is 5.38 Å². The summed E-state index contributed by atoms with van der Waals surface area (Å²) in [7, 11) is 0. The normalized spacial score (nSPS) is 15.1. The van der Waals surface area contributed by atoms with E-state index in [4.69, 9.17) is 4.74 Å². The van der Waals surface area contributed by atoms with Crippen LogP contribution in [0.3, 0.4) is 0 Å². The molecule has 3 aromatic rings. The van der Waals surface area contributed by atoms with Crippen LogP contribution in [0.15, 0.2) is 47.8 Å². The molecule has 2 amide bonds. The Morgan fingerprint density at radius 2 is 1.86 bits per heavy atom. The van der Waals surface area contributed by atoms with Gasteiger partial charge in [-0.25, -0.2) is 4.98 Å². The van der Waals surface area contributed by atoms with Gasteiger partial charge in [0, 0.05) is 24.9 Å². The van der Waals surface area contributed by atoms with Gasteiger partial charge in [0.15, 0.2) is 0 Å². The maximum Gasteiger partial charge on any atom is 0.270 e. The third-order valence-electron chi connectivity index (χ3n) is 6.46. The fourth-order valence-electron chi connectivity index (χ4n) is 4.54. The first-order chi connectivity index (χ1) is 17.7. The van der Waals surface area contributed by atoms with Crippen molar-refractivity contribution in [2.24, 2.45) is 11.8 Å². The second-order valence-electron chi connectivity index (χ2n) is 10.6. The monoisotopic (exact) mass is 519 g/mol. The number of nitrogens with one attached hydrogen (secondary N) is 1. The zero-order chi connectivity index (χ0) is 26.5. The summed E-state index contributed by atoms with van der Waals surface area (Å²) in [6.45, 7) is 12.0. The molecule has 1 aliphatic rings. The Labute approximate surface area is 224 Å². The van der Waals surface area contributed by atoms with Gasteiger partial charge in [0.25, 0.3) is 5.91 Å². The zero-order valence-corrected chi connectivity index (χ0v) is 23.2. The van der Waals surface area contributed by atoms with E-state index in [0.717, 1.165) is 28.3 Å². The highest BCUT2D eigenvalue weighted by Crippen LogP contribution is 2.38. The largest absolute Gasteiger partial charge is 0.486 e. The molecule has 4 rings (SSSR count). The van der Waals surface area contributed by atoms with Crippen molar-refractivity contribution in [1.29, 1.82) is 0 Å². The van der Waals surface area contributed by atoms with E-state index < -0.39 is 0 Å². The Kier molecular flexibility index (Phi) is 8.64. The van der Waals surface area contributed by atoms with Crippen LogP contribution < -0.4 is 10.1 Å². The molecule has 2 heterocycles. The summed E-state index contributed by atoms with van der Waals surface area (Å²) in [4.78, 5) is 32.0. The number of thiazole rings is 1. The van der Waals surface area contributed by atoms with Crippen molar-refractivity contribution in [2.75, 3.05) is 13.1 Å². The van der Waals surface area contributed by atoms with Gasteiger partial charge in [-0.05, 0) is 54.0 Å². The fourth-order valence-corrected chi connectivity index (χ4v) is 5.23. The Hall–Kier alpha value is -3.19. The molecule has 0 spiro atoms. The molecule has 37 heavy (non-hydrogen) atoms. The lowest BCUT2D eigenvalue weighted by Crippen LogP contribution is -2.41. The van der Waals surface area contributed by atoms with Crippen LogP contribution in [0, 0.1) is 18.8 Å². The van der Waals surface area contributed by atoms with Crippen LogP contribution in [0.4, 0.5) is 0 Å². The molecule has 7 heteroatoms. The Morgan fingerprint density at radius 1 is 1.11 bits per heavy atom.